The van der Waals surface area contributed by atoms with E-state index >= 15 is 0 Å². The Labute approximate surface area is 125 Å². The van der Waals surface area contributed by atoms with Gasteiger partial charge >= 0.3 is 0 Å². The van der Waals surface area contributed by atoms with Crippen LogP contribution in [0.2, 0.25) is 0 Å². The number of hydrogen-bond acceptors (Lipinski definition) is 5. The van der Waals surface area contributed by atoms with Gasteiger partial charge in [-0.05, 0) is 36.9 Å². The summed E-state index contributed by atoms with van der Waals surface area (Å²) in [6.45, 7) is 1.89. The lowest BCUT2D eigenvalue weighted by molar-refractivity contribution is 0.275. The highest BCUT2D eigenvalue weighted by Crippen LogP contribution is 2.18. The first-order valence-electron chi connectivity index (χ1n) is 6.99. The number of rotatable bonds is 6. The molecule has 0 aromatic carbocycles. The van der Waals surface area contributed by atoms with Gasteiger partial charge in [0, 0.05) is 31.9 Å². The highest BCUT2D eigenvalue weighted by Gasteiger charge is 2.27. The number of nitrogens with zero attached hydrogens (tertiary/aromatic N) is 2. The maximum absolute atomic E-state index is 12.2. The Hall–Kier alpha value is -1.22. The molecule has 21 heavy (non-hydrogen) atoms. The molecule has 0 saturated carbocycles. The lowest BCUT2D eigenvalue weighted by Crippen LogP contribution is -2.45. The van der Waals surface area contributed by atoms with E-state index in [0.29, 0.717) is 31.4 Å². The van der Waals surface area contributed by atoms with Gasteiger partial charge in [0.1, 0.15) is 0 Å². The van der Waals surface area contributed by atoms with Gasteiger partial charge < -0.3 is 10.5 Å². The highest BCUT2D eigenvalue weighted by molar-refractivity contribution is 7.87. The van der Waals surface area contributed by atoms with Crippen LogP contribution < -0.4 is 15.2 Å². The molecule has 1 saturated heterocycles. The predicted octanol–water partition coefficient (Wildman–Crippen LogP) is 0.0953. The summed E-state index contributed by atoms with van der Waals surface area (Å²) < 4.78 is 33.6. The predicted molar refractivity (Wildman–Crippen MR) is 79.9 cm³/mol. The highest BCUT2D eigenvalue weighted by atomic mass is 32.2. The third kappa shape index (κ3) is 4.37. The van der Waals surface area contributed by atoms with Crippen molar-refractivity contribution in [3.05, 3.63) is 23.9 Å². The first-order valence-corrected chi connectivity index (χ1v) is 8.43. The summed E-state index contributed by atoms with van der Waals surface area (Å²) in [6, 6.07) is 3.47. The number of pyridine rings is 1. The minimum absolute atomic E-state index is 0.220. The van der Waals surface area contributed by atoms with E-state index in [-0.39, 0.29) is 6.54 Å². The number of piperidine rings is 1. The van der Waals surface area contributed by atoms with E-state index in [9.17, 15) is 8.42 Å². The molecule has 118 valence electrons. The fourth-order valence-corrected chi connectivity index (χ4v) is 3.55. The Morgan fingerprint density at radius 2 is 2.19 bits per heavy atom. The first kappa shape index (κ1) is 16.2. The van der Waals surface area contributed by atoms with Gasteiger partial charge in [0.05, 0.1) is 7.11 Å². The van der Waals surface area contributed by atoms with Crippen LogP contribution in [-0.2, 0) is 16.8 Å². The zero-order valence-corrected chi connectivity index (χ0v) is 13.0. The molecule has 1 aromatic heterocycles. The molecule has 3 N–H and O–H groups in total. The van der Waals surface area contributed by atoms with E-state index in [1.807, 2.05) is 0 Å². The van der Waals surface area contributed by atoms with E-state index in [0.717, 1.165) is 18.4 Å². The fraction of sp³-hybridized carbons (Fsp3) is 0.615. The molecule has 1 aromatic rings. The third-order valence-corrected chi connectivity index (χ3v) is 5.27. The van der Waals surface area contributed by atoms with Crippen molar-refractivity contribution in [1.82, 2.24) is 14.0 Å². The molecule has 0 amide bonds. The Balaban J connectivity index is 1.92. The Kier molecular flexibility index (Phi) is 5.51. The largest absolute Gasteiger partial charge is 0.481 e. The standard InChI is InChI=1S/C13H22N4O3S/c1-20-13-8-12(2-5-15-13)10-16-21(18,19)17-6-3-11(9-14)4-7-17/h2,5,8,11,16H,3-4,6-7,9-10,14H2,1H3. The molecule has 2 heterocycles. The van der Waals surface area contributed by atoms with Gasteiger partial charge in [-0.2, -0.15) is 17.4 Å². The lowest BCUT2D eigenvalue weighted by Gasteiger charge is -2.30. The van der Waals surface area contributed by atoms with Crippen LogP contribution in [0.4, 0.5) is 0 Å². The third-order valence-electron chi connectivity index (χ3n) is 3.71. The van der Waals surface area contributed by atoms with Gasteiger partial charge in [-0.25, -0.2) is 4.98 Å². The monoisotopic (exact) mass is 314 g/mol. The Morgan fingerprint density at radius 3 is 2.81 bits per heavy atom. The Morgan fingerprint density at radius 1 is 1.48 bits per heavy atom. The van der Waals surface area contributed by atoms with Gasteiger partial charge in [-0.1, -0.05) is 0 Å². The van der Waals surface area contributed by atoms with Crippen LogP contribution >= 0.6 is 0 Å². The van der Waals surface area contributed by atoms with Crippen molar-refractivity contribution < 1.29 is 13.2 Å². The zero-order valence-electron chi connectivity index (χ0n) is 12.2. The molecule has 0 unspecified atom stereocenters. The van der Waals surface area contributed by atoms with Crippen molar-refractivity contribution in [1.29, 1.82) is 0 Å². The lowest BCUT2D eigenvalue weighted by atomic mass is 9.99. The van der Waals surface area contributed by atoms with Crippen molar-refractivity contribution >= 4 is 10.2 Å². The smallest absolute Gasteiger partial charge is 0.279 e. The molecule has 7 nitrogen and oxygen atoms in total. The van der Waals surface area contributed by atoms with E-state index < -0.39 is 10.2 Å². The number of nitrogens with one attached hydrogen (secondary N) is 1. The molecule has 1 aliphatic rings. The van der Waals surface area contributed by atoms with Crippen LogP contribution in [0, 0.1) is 5.92 Å². The minimum atomic E-state index is -3.45. The van der Waals surface area contributed by atoms with E-state index in [2.05, 4.69) is 9.71 Å². The first-order chi connectivity index (χ1) is 10.0. The van der Waals surface area contributed by atoms with Gasteiger partial charge in [0.15, 0.2) is 0 Å². The molecule has 0 aliphatic carbocycles. The number of hydrogen-bond donors (Lipinski definition) is 2. The summed E-state index contributed by atoms with van der Waals surface area (Å²) in [5, 5.41) is 0. The average molecular weight is 314 g/mol. The molecular formula is C13H22N4O3S. The number of ether oxygens (including phenoxy) is 1. The summed E-state index contributed by atoms with van der Waals surface area (Å²) in [6.07, 6.45) is 3.23. The van der Waals surface area contributed by atoms with Crippen LogP contribution in [0.5, 0.6) is 5.88 Å². The maximum atomic E-state index is 12.2. The van der Waals surface area contributed by atoms with Crippen molar-refractivity contribution in [2.24, 2.45) is 11.7 Å². The van der Waals surface area contributed by atoms with Crippen LogP contribution in [0.1, 0.15) is 18.4 Å². The van der Waals surface area contributed by atoms with Crippen molar-refractivity contribution in [2.45, 2.75) is 19.4 Å². The molecule has 0 radical (unpaired) electrons. The van der Waals surface area contributed by atoms with Crippen LogP contribution in [-0.4, -0.2) is 44.5 Å². The van der Waals surface area contributed by atoms with Gasteiger partial charge in [-0.15, -0.1) is 0 Å². The second-order valence-electron chi connectivity index (χ2n) is 5.11. The fourth-order valence-electron chi connectivity index (χ4n) is 2.32. The van der Waals surface area contributed by atoms with Gasteiger partial charge in [0.2, 0.25) is 5.88 Å². The normalized spacial score (nSPS) is 17.8. The van der Waals surface area contributed by atoms with Crippen molar-refractivity contribution in [2.75, 3.05) is 26.7 Å². The second-order valence-corrected chi connectivity index (χ2v) is 6.87. The summed E-state index contributed by atoms with van der Waals surface area (Å²) in [4.78, 5) is 3.99. The summed E-state index contributed by atoms with van der Waals surface area (Å²) in [7, 11) is -1.93. The SMILES string of the molecule is COc1cc(CNS(=O)(=O)N2CCC(CN)CC2)ccn1. The van der Waals surface area contributed by atoms with Gasteiger partial charge in [0.25, 0.3) is 10.2 Å². The summed E-state index contributed by atoms with van der Waals surface area (Å²) in [5.74, 6) is 0.899. The summed E-state index contributed by atoms with van der Waals surface area (Å²) >= 11 is 0. The zero-order chi connectivity index (χ0) is 15.3. The van der Waals surface area contributed by atoms with E-state index in [4.69, 9.17) is 10.5 Å². The van der Waals surface area contributed by atoms with Crippen LogP contribution in [0.25, 0.3) is 0 Å². The van der Waals surface area contributed by atoms with Crippen LogP contribution in [0.3, 0.4) is 0 Å². The van der Waals surface area contributed by atoms with Gasteiger partial charge in [-0.3, -0.25) is 0 Å². The number of methoxy groups -OCH3 is 1. The van der Waals surface area contributed by atoms with Crippen molar-refractivity contribution in [3.63, 3.8) is 0 Å². The Bertz CT molecular complexity index is 556. The molecule has 2 rings (SSSR count). The molecular weight excluding hydrogens is 292 g/mol. The molecule has 0 spiro atoms. The molecule has 8 heteroatoms. The number of aromatic nitrogens is 1. The minimum Gasteiger partial charge on any atom is -0.481 e. The molecule has 0 atom stereocenters. The molecule has 1 aliphatic heterocycles. The quantitative estimate of drug-likeness (QED) is 0.776. The average Bonchev–Trinajstić information content (AvgIpc) is 2.53. The van der Waals surface area contributed by atoms with E-state index in [1.54, 1.807) is 18.3 Å². The second kappa shape index (κ2) is 7.17. The van der Waals surface area contributed by atoms with E-state index in [1.165, 1.54) is 11.4 Å². The molecule has 0 bridgehead atoms. The number of nitrogens with two attached hydrogens (primary N) is 1. The van der Waals surface area contributed by atoms with Crippen LogP contribution in [0.15, 0.2) is 18.3 Å². The topological polar surface area (TPSA) is 97.5 Å². The molecule has 1 fully saturated rings. The van der Waals surface area contributed by atoms with Crippen molar-refractivity contribution in [3.8, 4) is 5.88 Å². The maximum Gasteiger partial charge on any atom is 0.279 e. The summed E-state index contributed by atoms with van der Waals surface area (Å²) in [5.41, 5.74) is 6.43.